The number of unbranched alkanes of at least 4 members (excludes halogenated alkanes) is 1. The molecular weight excluding hydrogens is 387 g/mol. The van der Waals surface area contributed by atoms with Crippen LogP contribution in [0.2, 0.25) is 0 Å². The number of hydrogen-bond donors (Lipinski definition) is 2. The summed E-state index contributed by atoms with van der Waals surface area (Å²) in [4.78, 5) is 28.5. The van der Waals surface area contributed by atoms with Gasteiger partial charge in [0.2, 0.25) is 5.91 Å². The van der Waals surface area contributed by atoms with E-state index in [4.69, 9.17) is 4.42 Å². The van der Waals surface area contributed by atoms with Crippen molar-refractivity contribution < 1.29 is 32.2 Å². The number of carbonyl (C=O) groups is 2. The second-order valence-corrected chi connectivity index (χ2v) is 6.71. The molecule has 2 heterocycles. The maximum absolute atomic E-state index is 14.1. The van der Waals surface area contributed by atoms with E-state index in [1.165, 1.54) is 6.26 Å². The summed E-state index contributed by atoms with van der Waals surface area (Å²) in [6.07, 6.45) is -2.75. The Bertz CT molecular complexity index is 895. The first-order valence-corrected chi connectivity index (χ1v) is 9.21. The quantitative estimate of drug-likeness (QED) is 0.733. The van der Waals surface area contributed by atoms with Crippen molar-refractivity contribution in [2.24, 2.45) is 0 Å². The van der Waals surface area contributed by atoms with Crippen molar-refractivity contribution >= 4 is 17.6 Å². The number of halogens is 3. The average molecular weight is 408 g/mol. The van der Waals surface area contributed by atoms with Gasteiger partial charge in [0.25, 0.3) is 5.84 Å². The molecule has 154 valence electrons. The highest BCUT2D eigenvalue weighted by Gasteiger charge is 2.72. The Morgan fingerprint density at radius 2 is 1.93 bits per heavy atom. The fraction of sp³-hybridized carbons (Fsp3) is 0.350. The Kier molecular flexibility index (Phi) is 5.76. The number of rotatable bonds is 7. The Labute approximate surface area is 165 Å². The molecule has 1 aromatic heterocycles. The molecule has 1 atom stereocenters. The van der Waals surface area contributed by atoms with Crippen LogP contribution >= 0.6 is 0 Å². The molecule has 2 aromatic rings. The molecule has 0 saturated heterocycles. The maximum atomic E-state index is 14.1. The summed E-state index contributed by atoms with van der Waals surface area (Å²) < 4.78 is 47.6. The number of alkyl halides is 3. The minimum atomic E-state index is -5.07. The molecule has 0 unspecified atom stereocenters. The normalized spacial score (nSPS) is 19.4. The fourth-order valence-electron chi connectivity index (χ4n) is 3.09. The molecule has 2 N–H and O–H groups in total. The second kappa shape index (κ2) is 8.10. The van der Waals surface area contributed by atoms with E-state index in [2.05, 4.69) is 4.99 Å². The molecule has 0 saturated carbocycles. The number of nitrogens with zero attached hydrogens (tertiary/aromatic N) is 1. The lowest BCUT2D eigenvalue weighted by Gasteiger charge is -2.24. The highest BCUT2D eigenvalue weighted by molar-refractivity contribution is 6.11. The highest BCUT2D eigenvalue weighted by atomic mass is 19.4. The number of benzene rings is 1. The molecule has 3 rings (SSSR count). The van der Waals surface area contributed by atoms with Gasteiger partial charge in [-0.1, -0.05) is 31.5 Å². The van der Waals surface area contributed by atoms with Gasteiger partial charge in [-0.05, 0) is 30.7 Å². The van der Waals surface area contributed by atoms with Crippen molar-refractivity contribution in [3.63, 3.8) is 0 Å². The number of furan rings is 1. The van der Waals surface area contributed by atoms with Gasteiger partial charge >= 0.3 is 17.7 Å². The monoisotopic (exact) mass is 408 g/mol. The molecule has 0 fully saturated rings. The Morgan fingerprint density at radius 1 is 1.21 bits per heavy atom. The lowest BCUT2D eigenvalue weighted by Crippen LogP contribution is -2.96. The van der Waals surface area contributed by atoms with Crippen LogP contribution in [-0.2, 0) is 16.1 Å². The van der Waals surface area contributed by atoms with Crippen molar-refractivity contribution in [2.45, 2.75) is 44.6 Å². The minimum Gasteiger partial charge on any atom is -0.465 e. The lowest BCUT2D eigenvalue weighted by molar-refractivity contribution is -0.581. The van der Waals surface area contributed by atoms with Crippen molar-refractivity contribution in [1.29, 1.82) is 0 Å². The van der Waals surface area contributed by atoms with Crippen LogP contribution in [0, 0.1) is 0 Å². The van der Waals surface area contributed by atoms with Crippen molar-refractivity contribution in [3.8, 4) is 0 Å². The first-order valence-electron chi connectivity index (χ1n) is 9.21. The van der Waals surface area contributed by atoms with Crippen molar-refractivity contribution in [3.05, 3.63) is 60.1 Å². The topological polar surface area (TPSA) is 76.5 Å². The number of amidine groups is 1. The van der Waals surface area contributed by atoms with Gasteiger partial charge in [-0.25, -0.2) is 9.79 Å². The van der Waals surface area contributed by atoms with E-state index in [1.807, 2.05) is 12.2 Å². The number of carbonyl (C=O) groups excluding carboxylic acids is 2. The van der Waals surface area contributed by atoms with E-state index < -0.39 is 23.7 Å². The maximum Gasteiger partial charge on any atom is 0.465 e. The van der Waals surface area contributed by atoms with Gasteiger partial charge in [-0.2, -0.15) is 18.1 Å². The van der Waals surface area contributed by atoms with Crippen LogP contribution in [0.5, 0.6) is 0 Å². The molecule has 2 amide bonds. The van der Waals surface area contributed by atoms with Gasteiger partial charge < -0.3 is 4.42 Å². The summed E-state index contributed by atoms with van der Waals surface area (Å²) in [5.74, 6) is -1.91. The van der Waals surface area contributed by atoms with Crippen LogP contribution in [0.1, 0.15) is 37.5 Å². The number of hydrogen-bond acceptors (Lipinski definition) is 3. The average Bonchev–Trinajstić information content (AvgIpc) is 3.29. The minimum absolute atomic E-state index is 0.0554. The predicted molar refractivity (Wildman–Crippen MR) is 97.2 cm³/mol. The molecule has 6 nitrogen and oxygen atoms in total. The second-order valence-electron chi connectivity index (χ2n) is 6.71. The molecule has 9 heteroatoms. The summed E-state index contributed by atoms with van der Waals surface area (Å²) in [5.41, 5.74) is -2.86. The molecule has 1 aliphatic rings. The zero-order chi connectivity index (χ0) is 21.1. The summed E-state index contributed by atoms with van der Waals surface area (Å²) in [6.45, 7) is 1.60. The van der Waals surface area contributed by atoms with Crippen LogP contribution in [0.3, 0.4) is 0 Å². The van der Waals surface area contributed by atoms with Crippen LogP contribution in [-0.4, -0.2) is 34.4 Å². The zero-order valence-electron chi connectivity index (χ0n) is 15.8. The molecule has 1 aliphatic heterocycles. The molecule has 0 radical (unpaired) electrons. The summed E-state index contributed by atoms with van der Waals surface area (Å²) in [5, 5.41) is 1.91. The van der Waals surface area contributed by atoms with E-state index in [-0.39, 0.29) is 18.8 Å². The summed E-state index contributed by atoms with van der Waals surface area (Å²) in [6, 6.07) is 11.3. The molecule has 0 aliphatic carbocycles. The zero-order valence-corrected chi connectivity index (χ0v) is 15.8. The SMILES string of the molecule is CCCCC(=O)N[C@]1(C(F)(F)F)[NH+]=C(c2ccccc2)N(Cc2ccco2)C1=O. The molecule has 1 aromatic carbocycles. The standard InChI is InChI=1S/C20H20F3N3O3/c1-2-3-11-16(27)24-19(20(21,22)23)18(28)26(13-15-10-7-12-29-15)17(25-19)14-8-5-4-6-9-14/h4-10,12H,2-3,11,13H2,1H3,(H,24,27)/p+1/t19-/m0/s1. The van der Waals surface area contributed by atoms with Gasteiger partial charge in [0.15, 0.2) is 6.54 Å². The number of amides is 2. The van der Waals surface area contributed by atoms with Crippen LogP contribution in [0.25, 0.3) is 0 Å². The predicted octanol–water partition coefficient (Wildman–Crippen LogP) is 1.71. The molecular formula is C20H21F3N3O3+. The van der Waals surface area contributed by atoms with Crippen LogP contribution < -0.4 is 10.3 Å². The van der Waals surface area contributed by atoms with E-state index in [9.17, 15) is 22.8 Å². The van der Waals surface area contributed by atoms with Gasteiger partial charge in [-0.15, -0.1) is 0 Å². The van der Waals surface area contributed by atoms with E-state index in [1.54, 1.807) is 42.5 Å². The largest absolute Gasteiger partial charge is 0.465 e. The molecule has 0 spiro atoms. The van der Waals surface area contributed by atoms with Crippen molar-refractivity contribution in [1.82, 2.24) is 10.2 Å². The van der Waals surface area contributed by atoms with E-state index in [0.29, 0.717) is 24.2 Å². The Hall–Kier alpha value is -3.10. The highest BCUT2D eigenvalue weighted by Crippen LogP contribution is 2.30. The Morgan fingerprint density at radius 3 is 2.52 bits per heavy atom. The third-order valence-corrected chi connectivity index (χ3v) is 4.59. The first-order chi connectivity index (χ1) is 13.8. The molecule has 0 bridgehead atoms. The Balaban J connectivity index is 2.06. The lowest BCUT2D eigenvalue weighted by atomic mass is 10.1. The smallest absolute Gasteiger partial charge is 0.465 e. The van der Waals surface area contributed by atoms with E-state index in [0.717, 1.165) is 4.90 Å². The third-order valence-electron chi connectivity index (χ3n) is 4.59. The third kappa shape index (κ3) is 4.03. The van der Waals surface area contributed by atoms with Crippen molar-refractivity contribution in [2.75, 3.05) is 0 Å². The van der Waals surface area contributed by atoms with Gasteiger partial charge in [0.1, 0.15) is 5.76 Å². The first kappa shape index (κ1) is 20.6. The van der Waals surface area contributed by atoms with Crippen LogP contribution in [0.4, 0.5) is 13.2 Å². The van der Waals surface area contributed by atoms with E-state index >= 15 is 0 Å². The molecule has 29 heavy (non-hydrogen) atoms. The van der Waals surface area contributed by atoms with Gasteiger partial charge in [0.05, 0.1) is 11.8 Å². The van der Waals surface area contributed by atoms with Crippen LogP contribution in [0.15, 0.2) is 53.1 Å². The summed E-state index contributed by atoms with van der Waals surface area (Å²) in [7, 11) is 0. The number of nitrogens with one attached hydrogen (secondary N) is 2. The fourth-order valence-corrected chi connectivity index (χ4v) is 3.09. The van der Waals surface area contributed by atoms with Gasteiger partial charge in [0, 0.05) is 6.42 Å². The van der Waals surface area contributed by atoms with Gasteiger partial charge in [-0.3, -0.25) is 10.1 Å². The summed E-state index contributed by atoms with van der Waals surface area (Å²) >= 11 is 0.